The fourth-order valence-corrected chi connectivity index (χ4v) is 4.38. The van der Waals surface area contributed by atoms with Crippen LogP contribution in [0.4, 0.5) is 0 Å². The molecular formula is C29H18ClN3. The zero-order valence-electron chi connectivity index (χ0n) is 17.6. The van der Waals surface area contributed by atoms with Crippen molar-refractivity contribution in [2.24, 2.45) is 0 Å². The predicted octanol–water partition coefficient (Wildman–Crippen LogP) is 7.83. The van der Waals surface area contributed by atoms with E-state index < -0.39 is 0 Å². The van der Waals surface area contributed by atoms with E-state index in [2.05, 4.69) is 81.7 Å². The zero-order valence-corrected chi connectivity index (χ0v) is 18.4. The van der Waals surface area contributed by atoms with Crippen LogP contribution in [-0.2, 0) is 0 Å². The molecule has 5 aromatic carbocycles. The molecule has 0 aliphatic heterocycles. The number of nitrogens with zero attached hydrogens (tertiary/aromatic N) is 3. The van der Waals surface area contributed by atoms with Gasteiger partial charge in [-0.1, -0.05) is 97.1 Å². The number of halogens is 1. The van der Waals surface area contributed by atoms with Crippen molar-refractivity contribution in [3.8, 4) is 33.9 Å². The fourth-order valence-electron chi connectivity index (χ4n) is 4.22. The molecule has 0 N–H and O–H groups in total. The van der Waals surface area contributed by atoms with Gasteiger partial charge in [-0.05, 0) is 56.4 Å². The lowest BCUT2D eigenvalue weighted by Crippen LogP contribution is -1.97. The van der Waals surface area contributed by atoms with E-state index in [0.717, 1.165) is 16.5 Å². The summed E-state index contributed by atoms with van der Waals surface area (Å²) >= 11 is 6.25. The van der Waals surface area contributed by atoms with Gasteiger partial charge < -0.3 is 0 Å². The third-order valence-electron chi connectivity index (χ3n) is 5.84. The van der Waals surface area contributed by atoms with E-state index in [0.29, 0.717) is 11.6 Å². The van der Waals surface area contributed by atoms with Crippen LogP contribution in [0.3, 0.4) is 0 Å². The topological polar surface area (TPSA) is 38.7 Å². The smallest absolute Gasteiger partial charge is 0.208 e. The van der Waals surface area contributed by atoms with E-state index in [1.807, 2.05) is 42.5 Å². The Labute approximate surface area is 196 Å². The first-order chi connectivity index (χ1) is 16.2. The fraction of sp³-hybridized carbons (Fsp3) is 0. The molecule has 0 bridgehead atoms. The summed E-state index contributed by atoms with van der Waals surface area (Å²) in [6.07, 6.45) is 0. The molecule has 0 aliphatic rings. The molecule has 4 heteroatoms. The van der Waals surface area contributed by atoms with Gasteiger partial charge in [0.05, 0.1) is 0 Å². The Kier molecular flexibility index (Phi) is 4.82. The van der Waals surface area contributed by atoms with Gasteiger partial charge in [-0.2, -0.15) is 9.97 Å². The first-order valence-electron chi connectivity index (χ1n) is 10.7. The maximum Gasteiger partial charge on any atom is 0.226 e. The Hall–Kier alpha value is -4.08. The van der Waals surface area contributed by atoms with Gasteiger partial charge in [-0.3, -0.25) is 0 Å². The molecule has 0 radical (unpaired) electrons. The van der Waals surface area contributed by atoms with Crippen LogP contribution in [-0.4, -0.2) is 15.0 Å². The Morgan fingerprint density at radius 2 is 0.939 bits per heavy atom. The van der Waals surface area contributed by atoms with Crippen molar-refractivity contribution in [3.05, 3.63) is 114 Å². The third kappa shape index (κ3) is 3.73. The van der Waals surface area contributed by atoms with Gasteiger partial charge in [0, 0.05) is 11.1 Å². The molecule has 6 aromatic rings. The summed E-state index contributed by atoms with van der Waals surface area (Å²) in [5, 5.41) is 4.94. The van der Waals surface area contributed by atoms with E-state index in [-0.39, 0.29) is 5.28 Å². The maximum absolute atomic E-state index is 6.25. The standard InChI is InChI=1S/C29H18ClN3/c30-29-32-27(20-9-5-2-6-10-20)31-28(33-29)24-14-16-26-23(18-24)12-11-22-17-21(13-15-25(22)26)19-7-3-1-4-8-19/h1-18H. The predicted molar refractivity (Wildman–Crippen MR) is 136 cm³/mol. The molecule has 0 fully saturated rings. The Morgan fingerprint density at radius 1 is 0.424 bits per heavy atom. The second-order valence-electron chi connectivity index (χ2n) is 7.92. The Balaban J connectivity index is 1.44. The molecule has 0 spiro atoms. The van der Waals surface area contributed by atoms with Crippen LogP contribution >= 0.6 is 11.6 Å². The van der Waals surface area contributed by atoms with Crippen LogP contribution in [0.1, 0.15) is 0 Å². The second kappa shape index (κ2) is 8.12. The molecule has 6 rings (SSSR count). The minimum atomic E-state index is 0.186. The number of hydrogen-bond donors (Lipinski definition) is 0. The number of rotatable bonds is 3. The highest BCUT2D eigenvalue weighted by atomic mass is 35.5. The van der Waals surface area contributed by atoms with Crippen LogP contribution in [0, 0.1) is 0 Å². The van der Waals surface area contributed by atoms with Gasteiger partial charge >= 0.3 is 0 Å². The summed E-state index contributed by atoms with van der Waals surface area (Å²) in [7, 11) is 0. The molecule has 1 heterocycles. The monoisotopic (exact) mass is 443 g/mol. The lowest BCUT2D eigenvalue weighted by molar-refractivity contribution is 1.07. The molecule has 33 heavy (non-hydrogen) atoms. The Bertz CT molecular complexity index is 1610. The molecule has 156 valence electrons. The summed E-state index contributed by atoms with van der Waals surface area (Å²) in [5.74, 6) is 1.13. The van der Waals surface area contributed by atoms with Crippen LogP contribution in [0.2, 0.25) is 5.28 Å². The van der Waals surface area contributed by atoms with Crippen molar-refractivity contribution in [1.82, 2.24) is 15.0 Å². The molecule has 1 aromatic heterocycles. The molecule has 3 nitrogen and oxygen atoms in total. The number of fused-ring (bicyclic) bond motifs is 3. The van der Waals surface area contributed by atoms with Crippen molar-refractivity contribution in [3.63, 3.8) is 0 Å². The van der Waals surface area contributed by atoms with E-state index >= 15 is 0 Å². The average Bonchev–Trinajstić information content (AvgIpc) is 2.88. The van der Waals surface area contributed by atoms with Gasteiger partial charge in [0.25, 0.3) is 0 Å². The molecule has 0 atom stereocenters. The van der Waals surface area contributed by atoms with E-state index in [1.54, 1.807) is 0 Å². The lowest BCUT2D eigenvalue weighted by atomic mass is 9.96. The Morgan fingerprint density at radius 3 is 1.58 bits per heavy atom. The summed E-state index contributed by atoms with van der Waals surface area (Å²) in [5.41, 5.74) is 4.25. The van der Waals surface area contributed by atoms with Crippen molar-refractivity contribution in [2.45, 2.75) is 0 Å². The largest absolute Gasteiger partial charge is 0.226 e. The molecule has 0 amide bonds. The van der Waals surface area contributed by atoms with Gasteiger partial charge in [-0.25, -0.2) is 4.98 Å². The van der Waals surface area contributed by atoms with Gasteiger partial charge in [0.15, 0.2) is 11.6 Å². The van der Waals surface area contributed by atoms with Crippen molar-refractivity contribution in [1.29, 1.82) is 0 Å². The molecule has 0 saturated heterocycles. The average molecular weight is 444 g/mol. The van der Waals surface area contributed by atoms with Crippen LogP contribution < -0.4 is 0 Å². The lowest BCUT2D eigenvalue weighted by Gasteiger charge is -2.09. The first kappa shape index (κ1) is 19.6. The van der Waals surface area contributed by atoms with Crippen LogP contribution in [0.15, 0.2) is 109 Å². The summed E-state index contributed by atoms with van der Waals surface area (Å²) in [6, 6.07) is 37.5. The first-order valence-corrected chi connectivity index (χ1v) is 11.1. The summed E-state index contributed by atoms with van der Waals surface area (Å²) < 4.78 is 0. The van der Waals surface area contributed by atoms with Crippen molar-refractivity contribution < 1.29 is 0 Å². The van der Waals surface area contributed by atoms with Gasteiger partial charge in [0.1, 0.15) is 0 Å². The van der Waals surface area contributed by atoms with E-state index in [4.69, 9.17) is 11.6 Å². The maximum atomic E-state index is 6.25. The third-order valence-corrected chi connectivity index (χ3v) is 6.01. The van der Waals surface area contributed by atoms with Crippen LogP contribution in [0.5, 0.6) is 0 Å². The number of hydrogen-bond acceptors (Lipinski definition) is 3. The highest BCUT2D eigenvalue weighted by molar-refractivity contribution is 6.28. The summed E-state index contributed by atoms with van der Waals surface area (Å²) in [6.45, 7) is 0. The minimum Gasteiger partial charge on any atom is -0.208 e. The van der Waals surface area contributed by atoms with E-state index in [1.165, 1.54) is 27.3 Å². The highest BCUT2D eigenvalue weighted by Gasteiger charge is 2.11. The number of benzene rings is 5. The minimum absolute atomic E-state index is 0.186. The van der Waals surface area contributed by atoms with Gasteiger partial charge in [-0.15, -0.1) is 0 Å². The van der Waals surface area contributed by atoms with Crippen molar-refractivity contribution in [2.75, 3.05) is 0 Å². The molecular weight excluding hydrogens is 426 g/mol. The van der Waals surface area contributed by atoms with Crippen molar-refractivity contribution >= 4 is 33.1 Å². The molecule has 0 aliphatic carbocycles. The quantitative estimate of drug-likeness (QED) is 0.261. The zero-order chi connectivity index (χ0) is 22.2. The van der Waals surface area contributed by atoms with E-state index in [9.17, 15) is 0 Å². The number of aromatic nitrogens is 3. The second-order valence-corrected chi connectivity index (χ2v) is 8.26. The van der Waals surface area contributed by atoms with Gasteiger partial charge in [0.2, 0.25) is 5.28 Å². The normalized spacial score (nSPS) is 11.2. The summed E-state index contributed by atoms with van der Waals surface area (Å²) in [4.78, 5) is 13.4. The molecule has 0 unspecified atom stereocenters. The SMILES string of the molecule is Clc1nc(-c2ccccc2)nc(-c2ccc3c(ccc4cc(-c5ccccc5)ccc43)c2)n1. The molecule has 0 saturated carbocycles. The highest BCUT2D eigenvalue weighted by Crippen LogP contribution is 2.32. The van der Waals surface area contributed by atoms with Crippen LogP contribution in [0.25, 0.3) is 55.4 Å².